The summed E-state index contributed by atoms with van der Waals surface area (Å²) in [6.45, 7) is 2.47. The lowest BCUT2D eigenvalue weighted by Crippen LogP contribution is -2.18. The van der Waals surface area contributed by atoms with Crippen LogP contribution in [0.25, 0.3) is 0 Å². The van der Waals surface area contributed by atoms with Gasteiger partial charge in [-0.2, -0.15) is 5.26 Å². The summed E-state index contributed by atoms with van der Waals surface area (Å²) in [6, 6.07) is 16.0. The van der Waals surface area contributed by atoms with Crippen molar-refractivity contribution in [1.82, 2.24) is 5.32 Å². The van der Waals surface area contributed by atoms with Crippen LogP contribution in [-0.2, 0) is 6.54 Å². The van der Waals surface area contributed by atoms with E-state index < -0.39 is 4.92 Å². The molecule has 1 N–H and O–H groups in total. The molecule has 1 unspecified atom stereocenters. The van der Waals surface area contributed by atoms with Crippen LogP contribution >= 0.6 is 0 Å². The third kappa shape index (κ3) is 3.65. The Balaban J connectivity index is 2.08. The van der Waals surface area contributed by atoms with Crippen LogP contribution in [0.3, 0.4) is 0 Å². The maximum Gasteiger partial charge on any atom is 0.269 e. The van der Waals surface area contributed by atoms with Gasteiger partial charge in [0.1, 0.15) is 0 Å². The molecule has 0 aromatic heterocycles. The normalized spacial score (nSPS) is 11.6. The van der Waals surface area contributed by atoms with Gasteiger partial charge in [-0.15, -0.1) is 0 Å². The molecule has 0 aliphatic carbocycles. The maximum atomic E-state index is 10.8. The van der Waals surface area contributed by atoms with Crippen molar-refractivity contribution in [1.29, 1.82) is 5.26 Å². The van der Waals surface area contributed by atoms with Crippen LogP contribution in [0.5, 0.6) is 0 Å². The number of nitro groups is 1. The van der Waals surface area contributed by atoms with Gasteiger partial charge in [-0.1, -0.05) is 30.3 Å². The molecule has 2 rings (SSSR count). The number of nitriles is 1. The van der Waals surface area contributed by atoms with E-state index in [1.165, 1.54) is 6.07 Å². The summed E-state index contributed by atoms with van der Waals surface area (Å²) in [4.78, 5) is 10.4. The minimum Gasteiger partial charge on any atom is -0.306 e. The van der Waals surface area contributed by atoms with Crippen molar-refractivity contribution in [2.45, 2.75) is 19.5 Å². The predicted molar refractivity (Wildman–Crippen MR) is 79.5 cm³/mol. The van der Waals surface area contributed by atoms with Crippen LogP contribution < -0.4 is 5.32 Å². The second kappa shape index (κ2) is 6.64. The van der Waals surface area contributed by atoms with Gasteiger partial charge in [0.15, 0.2) is 0 Å². The Kier molecular flexibility index (Phi) is 4.64. The van der Waals surface area contributed by atoms with Gasteiger partial charge in [-0.25, -0.2) is 0 Å². The van der Waals surface area contributed by atoms with E-state index in [-0.39, 0.29) is 11.7 Å². The summed E-state index contributed by atoms with van der Waals surface area (Å²) < 4.78 is 0. The zero-order chi connectivity index (χ0) is 15.2. The van der Waals surface area contributed by atoms with Gasteiger partial charge < -0.3 is 5.32 Å². The van der Waals surface area contributed by atoms with Crippen molar-refractivity contribution in [2.24, 2.45) is 0 Å². The van der Waals surface area contributed by atoms with Crippen molar-refractivity contribution in [3.63, 3.8) is 0 Å². The van der Waals surface area contributed by atoms with Gasteiger partial charge in [-0.3, -0.25) is 10.1 Å². The number of non-ortho nitro benzene ring substituents is 1. The average molecular weight is 281 g/mol. The highest BCUT2D eigenvalue weighted by atomic mass is 16.6. The molecule has 5 heteroatoms. The molecule has 0 saturated heterocycles. The number of nitrogens with zero attached hydrogens (tertiary/aromatic N) is 2. The first-order valence-corrected chi connectivity index (χ1v) is 6.57. The molecule has 106 valence electrons. The number of benzene rings is 2. The molecular weight excluding hydrogens is 266 g/mol. The molecule has 0 fully saturated rings. The summed E-state index contributed by atoms with van der Waals surface area (Å²) in [5.74, 6) is 0. The van der Waals surface area contributed by atoms with E-state index in [0.717, 1.165) is 11.1 Å². The number of rotatable bonds is 5. The van der Waals surface area contributed by atoms with E-state index in [0.29, 0.717) is 12.1 Å². The molecule has 0 radical (unpaired) electrons. The molecule has 2 aromatic rings. The molecule has 5 nitrogen and oxygen atoms in total. The van der Waals surface area contributed by atoms with E-state index in [4.69, 9.17) is 5.26 Å². The smallest absolute Gasteiger partial charge is 0.269 e. The zero-order valence-electron chi connectivity index (χ0n) is 11.6. The molecule has 0 spiro atoms. The number of nitrogens with one attached hydrogen (secondary N) is 1. The summed E-state index contributed by atoms with van der Waals surface area (Å²) in [5, 5.41) is 23.1. The lowest BCUT2D eigenvalue weighted by molar-refractivity contribution is -0.384. The second-order valence-electron chi connectivity index (χ2n) is 4.72. The van der Waals surface area contributed by atoms with Gasteiger partial charge in [0.05, 0.1) is 16.6 Å². The SMILES string of the molecule is CC(NCc1ccccc1C#N)c1cccc([N+](=O)[O-])c1. The van der Waals surface area contributed by atoms with Crippen LogP contribution in [0.1, 0.15) is 29.7 Å². The topological polar surface area (TPSA) is 79.0 Å². The van der Waals surface area contributed by atoms with Crippen molar-refractivity contribution in [2.75, 3.05) is 0 Å². The quantitative estimate of drug-likeness (QED) is 0.673. The summed E-state index contributed by atoms with van der Waals surface area (Å²) in [6.07, 6.45) is 0. The Bertz CT molecular complexity index is 692. The lowest BCUT2D eigenvalue weighted by atomic mass is 10.1. The highest BCUT2D eigenvalue weighted by Crippen LogP contribution is 2.19. The molecule has 0 heterocycles. The van der Waals surface area contributed by atoms with E-state index in [1.807, 2.05) is 31.2 Å². The van der Waals surface area contributed by atoms with E-state index >= 15 is 0 Å². The third-order valence-electron chi connectivity index (χ3n) is 3.32. The molecule has 0 aliphatic heterocycles. The van der Waals surface area contributed by atoms with E-state index in [1.54, 1.807) is 18.2 Å². The van der Waals surface area contributed by atoms with Gasteiger partial charge in [-0.05, 0) is 24.1 Å². The fourth-order valence-corrected chi connectivity index (χ4v) is 2.07. The average Bonchev–Trinajstić information content (AvgIpc) is 2.52. The minimum absolute atomic E-state index is 0.0448. The summed E-state index contributed by atoms with van der Waals surface area (Å²) in [5.41, 5.74) is 2.48. The lowest BCUT2D eigenvalue weighted by Gasteiger charge is -2.14. The largest absolute Gasteiger partial charge is 0.306 e. The number of hydrogen-bond donors (Lipinski definition) is 1. The number of nitro benzene ring substituents is 1. The Morgan fingerprint density at radius 3 is 2.76 bits per heavy atom. The fraction of sp³-hybridized carbons (Fsp3) is 0.188. The highest BCUT2D eigenvalue weighted by Gasteiger charge is 2.11. The van der Waals surface area contributed by atoms with Crippen LogP contribution in [0.15, 0.2) is 48.5 Å². The fourth-order valence-electron chi connectivity index (χ4n) is 2.07. The van der Waals surface area contributed by atoms with Gasteiger partial charge in [0.25, 0.3) is 5.69 Å². The van der Waals surface area contributed by atoms with Crippen molar-refractivity contribution in [3.8, 4) is 6.07 Å². The van der Waals surface area contributed by atoms with Crippen molar-refractivity contribution >= 4 is 5.69 Å². The molecular formula is C16H15N3O2. The van der Waals surface area contributed by atoms with E-state index in [9.17, 15) is 10.1 Å². The van der Waals surface area contributed by atoms with Crippen LogP contribution in [0, 0.1) is 21.4 Å². The molecule has 1 atom stereocenters. The van der Waals surface area contributed by atoms with E-state index in [2.05, 4.69) is 11.4 Å². The van der Waals surface area contributed by atoms with Crippen molar-refractivity contribution in [3.05, 3.63) is 75.3 Å². The number of hydrogen-bond acceptors (Lipinski definition) is 4. The van der Waals surface area contributed by atoms with Crippen molar-refractivity contribution < 1.29 is 4.92 Å². The van der Waals surface area contributed by atoms with Gasteiger partial charge >= 0.3 is 0 Å². The van der Waals surface area contributed by atoms with Crippen LogP contribution in [-0.4, -0.2) is 4.92 Å². The highest BCUT2D eigenvalue weighted by molar-refractivity contribution is 5.38. The summed E-state index contributed by atoms with van der Waals surface area (Å²) >= 11 is 0. The molecule has 2 aromatic carbocycles. The first-order chi connectivity index (χ1) is 10.1. The zero-order valence-corrected chi connectivity index (χ0v) is 11.6. The minimum atomic E-state index is -0.402. The van der Waals surface area contributed by atoms with Crippen LogP contribution in [0.4, 0.5) is 5.69 Å². The molecule has 0 bridgehead atoms. The first kappa shape index (κ1) is 14.7. The van der Waals surface area contributed by atoms with Gasteiger partial charge in [0, 0.05) is 24.7 Å². The molecule has 21 heavy (non-hydrogen) atoms. The van der Waals surface area contributed by atoms with Crippen LogP contribution in [0.2, 0.25) is 0 Å². The third-order valence-corrected chi connectivity index (χ3v) is 3.32. The standard InChI is InChI=1S/C16H15N3O2/c1-12(13-7-4-8-16(9-13)19(20)21)18-11-15-6-3-2-5-14(15)10-17/h2-9,12,18H,11H2,1H3. The molecule has 0 amide bonds. The molecule has 0 saturated carbocycles. The Hall–Kier alpha value is -2.71. The first-order valence-electron chi connectivity index (χ1n) is 6.57. The molecule has 0 aliphatic rings. The summed E-state index contributed by atoms with van der Waals surface area (Å²) in [7, 11) is 0. The predicted octanol–water partition coefficient (Wildman–Crippen LogP) is 3.32. The maximum absolute atomic E-state index is 10.8. The Labute approximate surface area is 123 Å². The second-order valence-corrected chi connectivity index (χ2v) is 4.72. The monoisotopic (exact) mass is 281 g/mol. The van der Waals surface area contributed by atoms with Gasteiger partial charge in [0.2, 0.25) is 0 Å². The Morgan fingerprint density at radius 1 is 1.29 bits per heavy atom. The Morgan fingerprint density at radius 2 is 2.05 bits per heavy atom.